The van der Waals surface area contributed by atoms with Crippen molar-refractivity contribution in [1.82, 2.24) is 14.2 Å². The monoisotopic (exact) mass is 916 g/mol. The van der Waals surface area contributed by atoms with Crippen LogP contribution in [0.25, 0.3) is 0 Å². The molecule has 5 aromatic rings. The van der Waals surface area contributed by atoms with E-state index in [4.69, 9.17) is 37.5 Å². The lowest BCUT2D eigenvalue weighted by Gasteiger charge is -2.41. The molecule has 1 N–H and O–H groups in total. The van der Waals surface area contributed by atoms with Gasteiger partial charge in [0.25, 0.3) is 14.1 Å². The molecule has 0 amide bonds. The van der Waals surface area contributed by atoms with Crippen molar-refractivity contribution in [2.75, 3.05) is 40.6 Å². The minimum Gasteiger partial charge on any atom is -0.497 e. The zero-order valence-electron chi connectivity index (χ0n) is 37.7. The molecule has 5 atom stereocenters. The quantitative estimate of drug-likeness (QED) is 0.0293. The first-order valence-electron chi connectivity index (χ1n) is 21.5. The molecule has 2 aliphatic rings. The summed E-state index contributed by atoms with van der Waals surface area (Å²) in [5.41, 5.74) is -1.52. The average Bonchev–Trinajstić information content (AvgIpc) is 3.82. The predicted molar refractivity (Wildman–Crippen MR) is 246 cm³/mol. The number of nitrogens with one attached hydrogen (secondary N) is 1. The van der Waals surface area contributed by atoms with Crippen molar-refractivity contribution in [3.8, 4) is 29.4 Å². The fourth-order valence-electron chi connectivity index (χ4n) is 8.23. The van der Waals surface area contributed by atoms with Crippen molar-refractivity contribution in [2.45, 2.75) is 75.8 Å². The molecule has 15 nitrogen and oxygen atoms in total. The van der Waals surface area contributed by atoms with Crippen LogP contribution in [0.4, 0.5) is 0 Å². The van der Waals surface area contributed by atoms with Crippen LogP contribution < -0.4 is 20.7 Å². The maximum absolute atomic E-state index is 13.8. The summed E-state index contributed by atoms with van der Waals surface area (Å²) < 4.78 is 54.2. The zero-order valence-corrected chi connectivity index (χ0v) is 38.6. The van der Waals surface area contributed by atoms with Gasteiger partial charge in [-0.1, -0.05) is 84.6 Å². The van der Waals surface area contributed by atoms with Crippen molar-refractivity contribution < 1.29 is 42.3 Å². The van der Waals surface area contributed by atoms with E-state index in [1.807, 2.05) is 107 Å². The number of nitrogens with zero attached hydrogens (tertiary/aromatic N) is 3. The largest absolute Gasteiger partial charge is 0.497 e. The number of aromatic nitrogens is 2. The molecule has 344 valence electrons. The SMILES string of the molecule is COc1ccc(C(OC[C@]23CO[C@H]([C@H](n4cc(C#CCOC(=O)c5ccccc5)c(=O)[nH]c4=O)O2)[C@H]3OP(OCCC#N)N(C(C)C)C(C)C)(c2ccccc2)c2ccc(OC)cc2)cc1. The minimum atomic E-state index is -1.86. The van der Waals surface area contributed by atoms with Gasteiger partial charge < -0.3 is 37.5 Å². The van der Waals surface area contributed by atoms with E-state index in [2.05, 4.69) is 27.6 Å². The maximum atomic E-state index is 13.8. The van der Waals surface area contributed by atoms with Gasteiger partial charge in [-0.15, -0.1) is 0 Å². The third-order valence-electron chi connectivity index (χ3n) is 11.3. The molecule has 2 aliphatic heterocycles. The van der Waals surface area contributed by atoms with Gasteiger partial charge in [-0.3, -0.25) is 14.3 Å². The van der Waals surface area contributed by atoms with E-state index in [0.29, 0.717) is 17.1 Å². The van der Waals surface area contributed by atoms with Gasteiger partial charge in [-0.05, 0) is 80.8 Å². The van der Waals surface area contributed by atoms with E-state index in [9.17, 15) is 19.6 Å². The molecule has 66 heavy (non-hydrogen) atoms. The molecule has 1 unspecified atom stereocenters. The van der Waals surface area contributed by atoms with Gasteiger partial charge in [0.1, 0.15) is 40.5 Å². The van der Waals surface area contributed by atoms with Gasteiger partial charge in [0.2, 0.25) is 0 Å². The zero-order chi connectivity index (χ0) is 46.8. The lowest BCUT2D eigenvalue weighted by Crippen LogP contribution is -2.49. The van der Waals surface area contributed by atoms with Crippen LogP contribution in [0.1, 0.15) is 73.0 Å². The minimum absolute atomic E-state index is 0.00278. The van der Waals surface area contributed by atoms with E-state index in [-0.39, 0.29) is 50.5 Å². The average molecular weight is 917 g/mol. The number of methoxy groups -OCH3 is 2. The lowest BCUT2D eigenvalue weighted by atomic mass is 9.79. The summed E-state index contributed by atoms with van der Waals surface area (Å²) in [5, 5.41) is 9.47. The molecule has 2 bridgehead atoms. The molecule has 2 saturated heterocycles. The molecule has 4 aromatic carbocycles. The number of ether oxygens (including phenoxy) is 6. The Balaban J connectivity index is 1.31. The fraction of sp³-hybridized carbons (Fsp3) is 0.360. The number of rotatable bonds is 19. The van der Waals surface area contributed by atoms with E-state index in [1.54, 1.807) is 44.6 Å². The van der Waals surface area contributed by atoms with Gasteiger partial charge in [-0.2, -0.15) is 5.26 Å². The number of esters is 1. The van der Waals surface area contributed by atoms with Gasteiger partial charge in [0.05, 0.1) is 52.1 Å². The molecule has 0 saturated carbocycles. The van der Waals surface area contributed by atoms with Gasteiger partial charge in [-0.25, -0.2) is 14.3 Å². The van der Waals surface area contributed by atoms with Crippen LogP contribution in [0.15, 0.2) is 125 Å². The molecule has 1 aromatic heterocycles. The molecule has 2 fully saturated rings. The molecule has 3 heterocycles. The summed E-state index contributed by atoms with van der Waals surface area (Å²) in [4.78, 5) is 41.8. The Bertz CT molecular complexity index is 2590. The van der Waals surface area contributed by atoms with Gasteiger partial charge >= 0.3 is 11.7 Å². The van der Waals surface area contributed by atoms with Crippen molar-refractivity contribution >= 4 is 14.5 Å². The molecule has 16 heteroatoms. The number of hydrogen-bond donors (Lipinski definition) is 1. The first-order chi connectivity index (χ1) is 31.9. The van der Waals surface area contributed by atoms with Gasteiger partial charge in [0, 0.05) is 18.3 Å². The smallest absolute Gasteiger partial charge is 0.339 e. The molecule has 0 aliphatic carbocycles. The highest BCUT2D eigenvalue weighted by Crippen LogP contribution is 2.56. The number of benzene rings is 4. The highest BCUT2D eigenvalue weighted by atomic mass is 31.2. The highest BCUT2D eigenvalue weighted by Gasteiger charge is 2.65. The Morgan fingerprint density at radius 2 is 1.48 bits per heavy atom. The second-order valence-electron chi connectivity index (χ2n) is 16.2. The van der Waals surface area contributed by atoms with E-state index >= 15 is 0 Å². The van der Waals surface area contributed by atoms with E-state index in [1.165, 1.54) is 10.8 Å². The second kappa shape index (κ2) is 21.5. The number of hydrogen-bond acceptors (Lipinski definition) is 13. The Hall–Kier alpha value is -6.13. The standard InChI is InChI=1S/C50H53N4O11P/c1-34(2)54(35(3)4)66(63-30-14-28-51)65-44-43-46(53-31-37(45(55)52-48(53)57)17-13-29-60-47(56)36-15-9-7-10-16-36)64-49(44,32-61-43)33-62-50(38-18-11-8-12-19-38,39-20-24-41(58-5)25-21-39)40-22-26-42(59-6)27-23-40/h7-12,15-16,18-27,31,34-35,43-44,46H,14,29-30,32-33H2,1-6H3,(H,52,55,57)/t43-,44+,46+,49-,66?/m0/s1. The Kier molecular flexibility index (Phi) is 15.5. The van der Waals surface area contributed by atoms with Crippen molar-refractivity contribution in [3.05, 3.63) is 164 Å². The van der Waals surface area contributed by atoms with Crippen molar-refractivity contribution in [1.29, 1.82) is 5.26 Å². The number of H-pyrrole nitrogens is 1. The van der Waals surface area contributed by atoms with Crippen LogP contribution in [-0.2, 0) is 33.6 Å². The summed E-state index contributed by atoms with van der Waals surface area (Å²) in [6.45, 7) is 7.80. The normalized spacial score (nSPS) is 19.3. The van der Waals surface area contributed by atoms with Crippen LogP contribution in [-0.4, -0.2) is 90.7 Å². The Labute approximate surface area is 385 Å². The summed E-state index contributed by atoms with van der Waals surface area (Å²) in [5.74, 6) is 6.19. The van der Waals surface area contributed by atoms with Crippen molar-refractivity contribution in [3.63, 3.8) is 0 Å². The summed E-state index contributed by atoms with van der Waals surface area (Å²) in [6, 6.07) is 35.6. The van der Waals surface area contributed by atoms with Crippen LogP contribution in [0.3, 0.4) is 0 Å². The van der Waals surface area contributed by atoms with Crippen LogP contribution in [0.2, 0.25) is 0 Å². The highest BCUT2D eigenvalue weighted by molar-refractivity contribution is 7.44. The van der Waals surface area contributed by atoms with Crippen LogP contribution in [0, 0.1) is 23.2 Å². The summed E-state index contributed by atoms with van der Waals surface area (Å²) in [7, 11) is 1.35. The number of carbonyl (C=O) groups is 1. The number of fused-ring (bicyclic) bond motifs is 2. The lowest BCUT2D eigenvalue weighted by molar-refractivity contribution is -0.203. The predicted octanol–water partition coefficient (Wildman–Crippen LogP) is 7.10. The molecular formula is C50H53N4O11P. The Morgan fingerprint density at radius 3 is 2.06 bits per heavy atom. The topological polar surface area (TPSA) is 173 Å². The second-order valence-corrected chi connectivity index (χ2v) is 17.6. The van der Waals surface area contributed by atoms with E-state index in [0.717, 1.165) is 16.7 Å². The number of carbonyl (C=O) groups excluding carboxylic acids is 1. The van der Waals surface area contributed by atoms with Crippen LogP contribution >= 0.6 is 8.53 Å². The van der Waals surface area contributed by atoms with E-state index < -0.39 is 55.4 Å². The molecule has 0 spiro atoms. The number of aromatic amines is 1. The third kappa shape index (κ3) is 10.1. The summed E-state index contributed by atoms with van der Waals surface area (Å²) >= 11 is 0. The fourth-order valence-corrected chi connectivity index (χ4v) is 10.0. The molecule has 7 rings (SSSR count). The molecular weight excluding hydrogens is 864 g/mol. The first-order valence-corrected chi connectivity index (χ1v) is 22.7. The number of nitriles is 1. The van der Waals surface area contributed by atoms with Gasteiger partial charge in [0.15, 0.2) is 12.8 Å². The van der Waals surface area contributed by atoms with Crippen LogP contribution in [0.5, 0.6) is 11.5 Å². The maximum Gasteiger partial charge on any atom is 0.339 e. The summed E-state index contributed by atoms with van der Waals surface area (Å²) in [6.07, 6.45) is -1.55. The Morgan fingerprint density at radius 1 is 0.894 bits per heavy atom. The first kappa shape index (κ1) is 47.8. The third-order valence-corrected chi connectivity index (χ3v) is 13.4. The van der Waals surface area contributed by atoms with Crippen molar-refractivity contribution in [2.24, 2.45) is 0 Å². The molecule has 0 radical (unpaired) electrons.